The zero-order chi connectivity index (χ0) is 17.0. The van der Waals surface area contributed by atoms with Gasteiger partial charge in [-0.2, -0.15) is 0 Å². The van der Waals surface area contributed by atoms with Crippen LogP contribution in [-0.2, 0) is 21.1 Å². The van der Waals surface area contributed by atoms with Gasteiger partial charge in [0.1, 0.15) is 0 Å². The molecule has 0 spiro atoms. The number of para-hydroxylation sites is 1. The molecule has 1 atom stereocenters. The van der Waals surface area contributed by atoms with Crippen LogP contribution in [0.5, 0.6) is 0 Å². The molecular weight excluding hydrogens is 322 g/mol. The largest absolute Gasteiger partial charge is 0.304 e. The fraction of sp³-hybridized carbons (Fsp3) is 0.211. The number of rotatable bonds is 5. The Morgan fingerprint density at radius 1 is 1.00 bits per heavy atom. The summed E-state index contributed by atoms with van der Waals surface area (Å²) in [5, 5.41) is 1.21. The predicted molar refractivity (Wildman–Crippen MR) is 95.4 cm³/mol. The number of amides is 1. The van der Waals surface area contributed by atoms with Crippen molar-refractivity contribution in [1.29, 1.82) is 0 Å². The molecule has 5 heteroatoms. The number of anilines is 1. The van der Waals surface area contributed by atoms with Gasteiger partial charge in [-0.15, -0.1) is 0 Å². The number of sulfone groups is 1. The van der Waals surface area contributed by atoms with E-state index in [9.17, 15) is 13.2 Å². The molecule has 2 aromatic carbocycles. The first-order chi connectivity index (χ1) is 11.6. The number of nitrogens with zero attached hydrogens (tertiary/aromatic N) is 1. The van der Waals surface area contributed by atoms with Crippen LogP contribution >= 0.6 is 0 Å². The fourth-order valence-corrected chi connectivity index (χ4v) is 4.11. The lowest BCUT2D eigenvalue weighted by atomic mass is 10.1. The standard InChI is InChI=1S/C19H19NO3S/c21-19(12-11-16-7-3-1-4-8-16)20(17-9-5-2-6-10-17)18-13-14-24(22,23)15-18/h1-10,13-14,18H,11-12,15H2/t18-/m1/s1. The van der Waals surface area contributed by atoms with Crippen LogP contribution in [0.1, 0.15) is 12.0 Å². The number of aryl methyl sites for hydroxylation is 1. The summed E-state index contributed by atoms with van der Waals surface area (Å²) in [5.74, 6) is -0.129. The molecule has 1 amide bonds. The Balaban J connectivity index is 1.80. The van der Waals surface area contributed by atoms with E-state index in [1.807, 2.05) is 60.7 Å². The third-order valence-corrected chi connectivity index (χ3v) is 5.39. The van der Waals surface area contributed by atoms with E-state index in [0.29, 0.717) is 12.8 Å². The molecule has 124 valence electrons. The van der Waals surface area contributed by atoms with E-state index in [2.05, 4.69) is 0 Å². The molecule has 3 rings (SSSR count). The molecule has 2 aromatic rings. The maximum atomic E-state index is 12.8. The maximum absolute atomic E-state index is 12.8. The Hall–Kier alpha value is -2.40. The third-order valence-electron chi connectivity index (χ3n) is 4.02. The normalized spacial score (nSPS) is 18.4. The molecule has 0 aliphatic carbocycles. The molecule has 0 saturated carbocycles. The van der Waals surface area contributed by atoms with Crippen LogP contribution in [0.4, 0.5) is 5.69 Å². The molecule has 0 radical (unpaired) electrons. The van der Waals surface area contributed by atoms with Crippen molar-refractivity contribution in [3.05, 3.63) is 77.7 Å². The summed E-state index contributed by atoms with van der Waals surface area (Å²) in [6, 6.07) is 18.6. The average Bonchev–Trinajstić information content (AvgIpc) is 2.95. The van der Waals surface area contributed by atoms with E-state index in [0.717, 1.165) is 11.3 Å². The fourth-order valence-electron chi connectivity index (χ4n) is 2.85. The van der Waals surface area contributed by atoms with E-state index in [1.165, 1.54) is 5.41 Å². The summed E-state index contributed by atoms with van der Waals surface area (Å²) >= 11 is 0. The zero-order valence-electron chi connectivity index (χ0n) is 13.2. The lowest BCUT2D eigenvalue weighted by molar-refractivity contribution is -0.118. The van der Waals surface area contributed by atoms with E-state index < -0.39 is 15.9 Å². The van der Waals surface area contributed by atoms with Gasteiger partial charge in [-0.3, -0.25) is 4.79 Å². The number of hydrogen-bond acceptors (Lipinski definition) is 3. The second-order valence-corrected chi connectivity index (χ2v) is 7.74. The molecule has 4 nitrogen and oxygen atoms in total. The first-order valence-corrected chi connectivity index (χ1v) is 9.59. The Bertz CT molecular complexity index is 829. The smallest absolute Gasteiger partial charge is 0.227 e. The maximum Gasteiger partial charge on any atom is 0.227 e. The molecule has 24 heavy (non-hydrogen) atoms. The molecule has 0 bridgehead atoms. The molecule has 1 aliphatic rings. The number of benzene rings is 2. The minimum Gasteiger partial charge on any atom is -0.304 e. The second kappa shape index (κ2) is 7.01. The number of carbonyl (C=O) groups is 1. The SMILES string of the molecule is O=C(CCc1ccccc1)N(c1ccccc1)[C@@H]1C=CS(=O)(=O)C1. The lowest BCUT2D eigenvalue weighted by Gasteiger charge is -2.27. The van der Waals surface area contributed by atoms with Gasteiger partial charge in [0.2, 0.25) is 5.91 Å². The topological polar surface area (TPSA) is 54.5 Å². The Labute approximate surface area is 142 Å². The number of carbonyl (C=O) groups excluding carboxylic acids is 1. The van der Waals surface area contributed by atoms with Gasteiger partial charge in [-0.25, -0.2) is 8.42 Å². The van der Waals surface area contributed by atoms with Crippen molar-refractivity contribution in [1.82, 2.24) is 0 Å². The summed E-state index contributed by atoms with van der Waals surface area (Å²) in [6.45, 7) is 0. The molecular formula is C19H19NO3S. The van der Waals surface area contributed by atoms with Crippen LogP contribution in [-0.4, -0.2) is 26.1 Å². The lowest BCUT2D eigenvalue weighted by Crippen LogP contribution is -2.41. The van der Waals surface area contributed by atoms with Gasteiger partial charge in [0.15, 0.2) is 9.84 Å². The quantitative estimate of drug-likeness (QED) is 0.840. The summed E-state index contributed by atoms with van der Waals surface area (Å²) < 4.78 is 23.5. The summed E-state index contributed by atoms with van der Waals surface area (Å²) in [6.07, 6.45) is 2.57. The van der Waals surface area contributed by atoms with Crippen molar-refractivity contribution >= 4 is 21.4 Å². The molecule has 1 heterocycles. The second-order valence-electron chi connectivity index (χ2n) is 5.81. The van der Waals surface area contributed by atoms with Crippen LogP contribution in [0.25, 0.3) is 0 Å². The monoisotopic (exact) mass is 341 g/mol. The van der Waals surface area contributed by atoms with Gasteiger partial charge >= 0.3 is 0 Å². The van der Waals surface area contributed by atoms with Crippen molar-refractivity contribution in [3.63, 3.8) is 0 Å². The first-order valence-electron chi connectivity index (χ1n) is 7.87. The van der Waals surface area contributed by atoms with E-state index in [4.69, 9.17) is 0 Å². The minimum absolute atomic E-state index is 0.0566. The van der Waals surface area contributed by atoms with E-state index >= 15 is 0 Å². The molecule has 0 N–H and O–H groups in total. The predicted octanol–water partition coefficient (Wildman–Crippen LogP) is 2.96. The average molecular weight is 341 g/mol. The summed E-state index contributed by atoms with van der Waals surface area (Å²) in [4.78, 5) is 14.4. The van der Waals surface area contributed by atoms with Crippen LogP contribution in [0.3, 0.4) is 0 Å². The number of hydrogen-bond donors (Lipinski definition) is 0. The summed E-state index contributed by atoms with van der Waals surface area (Å²) in [5.41, 5.74) is 1.82. The Morgan fingerprint density at radius 2 is 1.62 bits per heavy atom. The van der Waals surface area contributed by atoms with Crippen molar-refractivity contribution in [2.24, 2.45) is 0 Å². The van der Waals surface area contributed by atoms with Crippen LogP contribution in [0.2, 0.25) is 0 Å². The van der Waals surface area contributed by atoms with Gasteiger partial charge in [0.05, 0.1) is 11.8 Å². The van der Waals surface area contributed by atoms with E-state index in [-0.39, 0.29) is 11.7 Å². The zero-order valence-corrected chi connectivity index (χ0v) is 14.0. The Kier molecular flexibility index (Phi) is 4.81. The third kappa shape index (κ3) is 3.92. The van der Waals surface area contributed by atoms with Crippen LogP contribution < -0.4 is 4.90 Å². The van der Waals surface area contributed by atoms with Gasteiger partial charge in [-0.05, 0) is 30.2 Å². The molecule has 0 aromatic heterocycles. The molecule has 0 fully saturated rings. The van der Waals surface area contributed by atoms with Crippen molar-refractivity contribution < 1.29 is 13.2 Å². The molecule has 0 saturated heterocycles. The highest BCUT2D eigenvalue weighted by Crippen LogP contribution is 2.23. The highest BCUT2D eigenvalue weighted by Gasteiger charge is 2.31. The van der Waals surface area contributed by atoms with Gasteiger partial charge in [-0.1, -0.05) is 48.5 Å². The van der Waals surface area contributed by atoms with Gasteiger partial charge < -0.3 is 4.90 Å². The highest BCUT2D eigenvalue weighted by atomic mass is 32.2. The van der Waals surface area contributed by atoms with Crippen molar-refractivity contribution in [2.45, 2.75) is 18.9 Å². The molecule has 0 unspecified atom stereocenters. The van der Waals surface area contributed by atoms with Gasteiger partial charge in [0.25, 0.3) is 0 Å². The first kappa shape index (κ1) is 16.5. The highest BCUT2D eigenvalue weighted by molar-refractivity contribution is 7.94. The van der Waals surface area contributed by atoms with Crippen LogP contribution in [0.15, 0.2) is 72.1 Å². The van der Waals surface area contributed by atoms with Crippen molar-refractivity contribution in [2.75, 3.05) is 10.7 Å². The van der Waals surface area contributed by atoms with E-state index in [1.54, 1.807) is 11.0 Å². The minimum atomic E-state index is -3.22. The Morgan fingerprint density at radius 3 is 2.21 bits per heavy atom. The molecule has 1 aliphatic heterocycles. The summed E-state index contributed by atoms with van der Waals surface area (Å²) in [7, 11) is -3.22. The van der Waals surface area contributed by atoms with Crippen LogP contribution in [0, 0.1) is 0 Å². The van der Waals surface area contributed by atoms with Gasteiger partial charge in [0, 0.05) is 17.5 Å². The van der Waals surface area contributed by atoms with Crippen molar-refractivity contribution in [3.8, 4) is 0 Å².